The van der Waals surface area contributed by atoms with E-state index < -0.39 is 33.7 Å². The van der Waals surface area contributed by atoms with Gasteiger partial charge in [-0.2, -0.15) is 8.42 Å². The summed E-state index contributed by atoms with van der Waals surface area (Å²) in [6.07, 6.45) is -1.16. The van der Waals surface area contributed by atoms with Crippen LogP contribution in [0, 0.1) is 0 Å². The molecule has 0 radical (unpaired) electrons. The van der Waals surface area contributed by atoms with Gasteiger partial charge in [-0.3, -0.25) is 14.1 Å². The first kappa shape index (κ1) is 13.8. The lowest BCUT2D eigenvalue weighted by Gasteiger charge is -2.04. The number of epoxide rings is 1. The molecule has 1 unspecified atom stereocenters. The van der Waals surface area contributed by atoms with Crippen molar-refractivity contribution in [2.24, 2.45) is 0 Å². The van der Waals surface area contributed by atoms with Gasteiger partial charge in [0.25, 0.3) is 10.1 Å². The van der Waals surface area contributed by atoms with Crippen molar-refractivity contribution in [2.45, 2.75) is 11.7 Å². The van der Waals surface area contributed by atoms with E-state index in [-0.39, 0.29) is 0 Å². The maximum Gasteiger partial charge on any atom is 0.325 e. The van der Waals surface area contributed by atoms with Crippen LogP contribution in [0.1, 0.15) is 6.42 Å². The molecule has 1 aliphatic rings. The second kappa shape index (κ2) is 5.63. The van der Waals surface area contributed by atoms with Crippen molar-refractivity contribution < 1.29 is 37.5 Å². The number of carboxylic acid groups (broad SMARTS) is 2. The van der Waals surface area contributed by atoms with Gasteiger partial charge in [0, 0.05) is 0 Å². The summed E-state index contributed by atoms with van der Waals surface area (Å²) in [6.45, 7) is 2.00. The highest BCUT2D eigenvalue weighted by Crippen LogP contribution is 2.04. The van der Waals surface area contributed by atoms with E-state index in [2.05, 4.69) is 4.74 Å². The van der Waals surface area contributed by atoms with Crippen LogP contribution in [0.3, 0.4) is 0 Å². The van der Waals surface area contributed by atoms with Gasteiger partial charge in [-0.15, -0.1) is 0 Å². The molecule has 0 aromatic rings. The predicted octanol–water partition coefficient (Wildman–Crippen LogP) is -1.18. The molecule has 1 fully saturated rings. The second-order valence-corrected chi connectivity index (χ2v) is 4.15. The van der Waals surface area contributed by atoms with Gasteiger partial charge < -0.3 is 14.9 Å². The summed E-state index contributed by atoms with van der Waals surface area (Å²) in [6, 6.07) is 0. The molecule has 3 N–H and O–H groups in total. The number of hydrogen-bond acceptors (Lipinski definition) is 5. The molecule has 88 valence electrons. The summed E-state index contributed by atoms with van der Waals surface area (Å²) >= 11 is 0. The Morgan fingerprint density at radius 1 is 1.27 bits per heavy atom. The average molecular weight is 242 g/mol. The van der Waals surface area contributed by atoms with Crippen molar-refractivity contribution in [3.63, 3.8) is 0 Å². The Kier molecular flexibility index (Phi) is 5.19. The van der Waals surface area contributed by atoms with Crippen molar-refractivity contribution >= 4 is 22.1 Å². The van der Waals surface area contributed by atoms with Crippen LogP contribution in [0.5, 0.6) is 0 Å². The zero-order chi connectivity index (χ0) is 12.1. The van der Waals surface area contributed by atoms with Gasteiger partial charge in [-0.05, 0) is 0 Å². The number of ether oxygens (including phenoxy) is 1. The largest absolute Gasteiger partial charge is 0.481 e. The summed E-state index contributed by atoms with van der Waals surface area (Å²) < 4.78 is 33.2. The molecule has 0 saturated carbocycles. The van der Waals surface area contributed by atoms with Crippen molar-refractivity contribution in [1.29, 1.82) is 0 Å². The van der Waals surface area contributed by atoms with Gasteiger partial charge in [0.1, 0.15) is 0 Å². The molecule has 1 saturated heterocycles. The Hall–Kier alpha value is -1.19. The first-order valence-corrected chi connectivity index (χ1v) is 5.24. The van der Waals surface area contributed by atoms with E-state index in [0.717, 1.165) is 13.2 Å². The molecule has 0 aromatic carbocycles. The van der Waals surface area contributed by atoms with Crippen molar-refractivity contribution in [3.8, 4) is 0 Å². The zero-order valence-electron chi connectivity index (χ0n) is 7.49. The molecule has 15 heavy (non-hydrogen) atoms. The predicted molar refractivity (Wildman–Crippen MR) is 46.0 cm³/mol. The highest BCUT2D eigenvalue weighted by atomic mass is 32.2. The average Bonchev–Trinajstić information content (AvgIpc) is 2.82. The Morgan fingerprint density at radius 2 is 1.67 bits per heavy atom. The lowest BCUT2D eigenvalue weighted by atomic mass is 10.3. The van der Waals surface area contributed by atoms with E-state index in [1.54, 1.807) is 0 Å². The highest BCUT2D eigenvalue weighted by molar-refractivity contribution is 7.87. The van der Waals surface area contributed by atoms with E-state index in [0.29, 0.717) is 0 Å². The van der Waals surface area contributed by atoms with Gasteiger partial charge in [0.05, 0.1) is 19.6 Å². The lowest BCUT2D eigenvalue weighted by Crippen LogP contribution is -2.31. The van der Waals surface area contributed by atoms with Crippen molar-refractivity contribution in [2.75, 3.05) is 13.2 Å². The molecule has 1 aliphatic heterocycles. The standard InChI is InChI=1S/C4H6O7S.C2H4O/c5-3(6)1-2(4(7)8)12(9,10)11;1-2-3-1/h2H,1H2,(H,5,6)(H,7,8)(H,9,10,11);1-2H2. The first-order chi connectivity index (χ1) is 6.75. The van der Waals surface area contributed by atoms with Gasteiger partial charge in [0.2, 0.25) is 0 Å². The van der Waals surface area contributed by atoms with Crippen molar-refractivity contribution in [1.82, 2.24) is 0 Å². The maximum absolute atomic E-state index is 10.2. The van der Waals surface area contributed by atoms with Crippen LogP contribution in [0.2, 0.25) is 0 Å². The lowest BCUT2D eigenvalue weighted by molar-refractivity contribution is -0.143. The van der Waals surface area contributed by atoms with Crippen LogP contribution in [0.4, 0.5) is 0 Å². The minimum absolute atomic E-state index is 1.00. The smallest absolute Gasteiger partial charge is 0.325 e. The number of rotatable bonds is 4. The van der Waals surface area contributed by atoms with Crippen LogP contribution in [0.25, 0.3) is 0 Å². The second-order valence-electron chi connectivity index (χ2n) is 2.55. The number of carboxylic acids is 2. The monoisotopic (exact) mass is 242 g/mol. The number of carbonyl (C=O) groups is 2. The molecule has 1 atom stereocenters. The molecular weight excluding hydrogens is 232 g/mol. The molecular formula is C6H10O8S. The van der Waals surface area contributed by atoms with E-state index in [1.807, 2.05) is 0 Å². The van der Waals surface area contributed by atoms with Crippen LogP contribution in [-0.4, -0.2) is 53.6 Å². The Balaban J connectivity index is 0.000000548. The third kappa shape index (κ3) is 7.85. The first-order valence-electron chi connectivity index (χ1n) is 3.73. The third-order valence-corrected chi connectivity index (χ3v) is 2.29. The Bertz CT molecular complexity index is 326. The fraction of sp³-hybridized carbons (Fsp3) is 0.667. The number of hydrogen-bond donors (Lipinski definition) is 3. The highest BCUT2D eigenvalue weighted by Gasteiger charge is 2.33. The van der Waals surface area contributed by atoms with E-state index in [1.165, 1.54) is 0 Å². The minimum atomic E-state index is -4.84. The van der Waals surface area contributed by atoms with E-state index >= 15 is 0 Å². The molecule has 8 nitrogen and oxygen atoms in total. The van der Waals surface area contributed by atoms with Gasteiger partial charge >= 0.3 is 11.9 Å². The van der Waals surface area contributed by atoms with Gasteiger partial charge in [-0.25, -0.2) is 0 Å². The van der Waals surface area contributed by atoms with Crippen LogP contribution < -0.4 is 0 Å². The fourth-order valence-electron chi connectivity index (χ4n) is 0.479. The topological polar surface area (TPSA) is 142 Å². The molecule has 9 heteroatoms. The number of aliphatic carboxylic acids is 2. The molecule has 1 rings (SSSR count). The molecule has 0 aliphatic carbocycles. The Morgan fingerprint density at radius 3 is 1.73 bits per heavy atom. The normalized spacial score (nSPS) is 15.8. The van der Waals surface area contributed by atoms with E-state index in [4.69, 9.17) is 14.8 Å². The molecule has 0 aromatic heterocycles. The quantitative estimate of drug-likeness (QED) is 0.413. The summed E-state index contributed by atoms with van der Waals surface area (Å²) in [5.41, 5.74) is 0. The summed E-state index contributed by atoms with van der Waals surface area (Å²) in [5, 5.41) is 13.9. The fourth-order valence-corrected chi connectivity index (χ4v) is 1.09. The van der Waals surface area contributed by atoms with Gasteiger partial charge in [0.15, 0.2) is 5.25 Å². The SMILES string of the molecule is C1CO1.O=C(O)CC(C(=O)O)S(=O)(=O)O. The van der Waals surface area contributed by atoms with Crippen LogP contribution in [0.15, 0.2) is 0 Å². The maximum atomic E-state index is 10.2. The van der Waals surface area contributed by atoms with Crippen LogP contribution in [-0.2, 0) is 24.4 Å². The molecule has 0 bridgehead atoms. The minimum Gasteiger partial charge on any atom is -0.481 e. The third-order valence-electron chi connectivity index (χ3n) is 1.20. The summed E-state index contributed by atoms with van der Waals surface area (Å²) in [4.78, 5) is 20.0. The summed E-state index contributed by atoms with van der Waals surface area (Å²) in [7, 11) is -4.84. The van der Waals surface area contributed by atoms with E-state index in [9.17, 15) is 18.0 Å². The van der Waals surface area contributed by atoms with Crippen molar-refractivity contribution in [3.05, 3.63) is 0 Å². The Labute approximate surface area is 85.2 Å². The molecule has 0 spiro atoms. The summed E-state index contributed by atoms with van der Waals surface area (Å²) in [5.74, 6) is -3.50. The zero-order valence-corrected chi connectivity index (χ0v) is 8.31. The molecule has 1 heterocycles. The molecule has 0 amide bonds. The van der Waals surface area contributed by atoms with Gasteiger partial charge in [-0.1, -0.05) is 0 Å². The van der Waals surface area contributed by atoms with Crippen LogP contribution >= 0.6 is 0 Å².